The number of nitrogens with zero attached hydrogens (tertiary/aromatic N) is 1. The van der Waals surface area contributed by atoms with Gasteiger partial charge in [0.25, 0.3) is 5.91 Å². The van der Waals surface area contributed by atoms with Crippen LogP contribution in [0, 0.1) is 29.0 Å². The number of ether oxygens (including phenoxy) is 2. The predicted octanol–water partition coefficient (Wildman–Crippen LogP) is 4.86. The number of benzene rings is 1. The highest BCUT2D eigenvalue weighted by molar-refractivity contribution is 5.97. The standard InChI is InChI=1S/C27H36FNO5/c1-16-7-17-9-18(8-16)13-27(2,12-17)15-34-24-11-22(28)21(10-20(24)19-3-4-19)25(30)29-5-6-33-14-23(29)26(31)32/h10-11,16-19,23H,3-9,12-15H2,1-2H3,(H,31,32). The third kappa shape index (κ3) is 4.81. The first-order valence-corrected chi connectivity index (χ1v) is 12.8. The molecule has 186 valence electrons. The number of carboxylic acids is 1. The van der Waals surface area contributed by atoms with Gasteiger partial charge in [-0.1, -0.05) is 13.8 Å². The first kappa shape index (κ1) is 23.6. The molecule has 7 heteroatoms. The second-order valence-corrected chi connectivity index (χ2v) is 11.6. The van der Waals surface area contributed by atoms with Crippen LogP contribution in [0.3, 0.4) is 0 Å². The van der Waals surface area contributed by atoms with Gasteiger partial charge in [0.15, 0.2) is 6.04 Å². The minimum atomic E-state index is -1.14. The first-order chi connectivity index (χ1) is 16.2. The molecule has 5 rings (SSSR count). The van der Waals surface area contributed by atoms with E-state index in [0.29, 0.717) is 12.4 Å². The molecule has 1 heterocycles. The third-order valence-electron chi connectivity index (χ3n) is 8.30. The molecule has 1 aromatic carbocycles. The van der Waals surface area contributed by atoms with Crippen molar-refractivity contribution in [2.24, 2.45) is 23.2 Å². The molecule has 4 fully saturated rings. The maximum atomic E-state index is 15.2. The van der Waals surface area contributed by atoms with Crippen molar-refractivity contribution >= 4 is 11.9 Å². The molecule has 3 atom stereocenters. The van der Waals surface area contributed by atoms with Crippen LogP contribution in [0.4, 0.5) is 4.39 Å². The van der Waals surface area contributed by atoms with Gasteiger partial charge in [-0.15, -0.1) is 0 Å². The third-order valence-corrected chi connectivity index (χ3v) is 8.30. The number of carboxylic acid groups (broad SMARTS) is 1. The largest absolute Gasteiger partial charge is 0.493 e. The Morgan fingerprint density at radius 3 is 2.56 bits per heavy atom. The van der Waals surface area contributed by atoms with E-state index in [1.807, 2.05) is 0 Å². The van der Waals surface area contributed by atoms with Crippen LogP contribution in [0.15, 0.2) is 12.1 Å². The lowest BCUT2D eigenvalue weighted by molar-refractivity contribution is -0.147. The minimum Gasteiger partial charge on any atom is -0.493 e. The van der Waals surface area contributed by atoms with Crippen LogP contribution in [0.2, 0.25) is 0 Å². The van der Waals surface area contributed by atoms with E-state index < -0.39 is 23.7 Å². The van der Waals surface area contributed by atoms with E-state index in [2.05, 4.69) is 13.8 Å². The molecule has 0 radical (unpaired) electrons. The fourth-order valence-corrected chi connectivity index (χ4v) is 6.86. The van der Waals surface area contributed by atoms with Crippen LogP contribution in [-0.4, -0.2) is 54.3 Å². The molecule has 3 unspecified atom stereocenters. The van der Waals surface area contributed by atoms with Crippen molar-refractivity contribution in [1.29, 1.82) is 0 Å². The molecular weight excluding hydrogens is 437 g/mol. The molecule has 1 aromatic rings. The fraction of sp³-hybridized carbons (Fsp3) is 0.704. The summed E-state index contributed by atoms with van der Waals surface area (Å²) >= 11 is 0. The van der Waals surface area contributed by atoms with Gasteiger partial charge in [-0.2, -0.15) is 0 Å². The van der Waals surface area contributed by atoms with Crippen molar-refractivity contribution in [1.82, 2.24) is 4.90 Å². The molecule has 34 heavy (non-hydrogen) atoms. The zero-order chi connectivity index (χ0) is 24.0. The summed E-state index contributed by atoms with van der Waals surface area (Å²) in [6, 6.07) is 1.86. The van der Waals surface area contributed by atoms with Crippen LogP contribution in [0.25, 0.3) is 0 Å². The van der Waals surface area contributed by atoms with E-state index in [0.717, 1.165) is 49.0 Å². The number of rotatable bonds is 6. The van der Waals surface area contributed by atoms with Crippen molar-refractivity contribution in [2.45, 2.75) is 70.8 Å². The van der Waals surface area contributed by atoms with Gasteiger partial charge < -0.3 is 19.5 Å². The summed E-state index contributed by atoms with van der Waals surface area (Å²) in [4.78, 5) is 26.0. The summed E-state index contributed by atoms with van der Waals surface area (Å²) in [5.41, 5.74) is 0.884. The highest BCUT2D eigenvalue weighted by atomic mass is 19.1. The Morgan fingerprint density at radius 1 is 1.21 bits per heavy atom. The number of carbonyl (C=O) groups excluding carboxylic acids is 1. The Balaban J connectivity index is 1.35. The van der Waals surface area contributed by atoms with Gasteiger partial charge in [-0.05, 0) is 80.2 Å². The summed E-state index contributed by atoms with van der Waals surface area (Å²) < 4.78 is 26.8. The molecule has 4 aliphatic rings. The summed E-state index contributed by atoms with van der Waals surface area (Å²) in [5, 5.41) is 9.47. The normalized spacial score (nSPS) is 33.4. The number of amides is 1. The van der Waals surface area contributed by atoms with Crippen LogP contribution >= 0.6 is 0 Å². The Morgan fingerprint density at radius 2 is 1.91 bits per heavy atom. The summed E-state index contributed by atoms with van der Waals surface area (Å²) in [5.74, 6) is 0.734. The Kier molecular flexibility index (Phi) is 6.34. The lowest BCUT2D eigenvalue weighted by atomic mass is 9.60. The smallest absolute Gasteiger partial charge is 0.328 e. The molecule has 3 saturated carbocycles. The molecule has 1 aliphatic heterocycles. The summed E-state index contributed by atoms with van der Waals surface area (Å²) in [7, 11) is 0. The molecule has 0 spiro atoms. The van der Waals surface area contributed by atoms with Crippen LogP contribution < -0.4 is 4.74 Å². The number of halogens is 1. The van der Waals surface area contributed by atoms with Gasteiger partial charge in [0.1, 0.15) is 11.6 Å². The van der Waals surface area contributed by atoms with Crippen molar-refractivity contribution in [2.75, 3.05) is 26.4 Å². The molecule has 0 aromatic heterocycles. The van der Waals surface area contributed by atoms with Crippen LogP contribution in [0.5, 0.6) is 5.75 Å². The molecule has 6 nitrogen and oxygen atoms in total. The second kappa shape index (κ2) is 9.14. The van der Waals surface area contributed by atoms with Gasteiger partial charge in [0.2, 0.25) is 0 Å². The predicted molar refractivity (Wildman–Crippen MR) is 124 cm³/mol. The molecule has 2 bridgehead atoms. The lowest BCUT2D eigenvalue weighted by Gasteiger charge is -2.47. The Bertz CT molecular complexity index is 943. The maximum absolute atomic E-state index is 15.2. The SMILES string of the molecule is CC1CC2CC(C1)CC(C)(COc1cc(F)c(C(=O)N3CCOCC3C(=O)O)cc1C1CC1)C2. The van der Waals surface area contributed by atoms with E-state index in [-0.39, 0.29) is 36.7 Å². The Labute approximate surface area is 200 Å². The van der Waals surface area contributed by atoms with Gasteiger partial charge in [0, 0.05) is 18.0 Å². The zero-order valence-corrected chi connectivity index (χ0v) is 20.2. The molecule has 1 saturated heterocycles. The van der Waals surface area contributed by atoms with E-state index in [4.69, 9.17) is 9.47 Å². The number of morpholine rings is 1. The van der Waals surface area contributed by atoms with Gasteiger partial charge in [-0.25, -0.2) is 9.18 Å². The highest BCUT2D eigenvalue weighted by Crippen LogP contribution is 2.51. The monoisotopic (exact) mass is 473 g/mol. The zero-order valence-electron chi connectivity index (χ0n) is 20.2. The number of aliphatic carboxylic acids is 1. The van der Waals surface area contributed by atoms with E-state index >= 15 is 4.39 Å². The number of hydrogen-bond acceptors (Lipinski definition) is 4. The van der Waals surface area contributed by atoms with Crippen molar-refractivity contribution in [3.05, 3.63) is 29.1 Å². The van der Waals surface area contributed by atoms with Crippen molar-refractivity contribution < 1.29 is 28.6 Å². The van der Waals surface area contributed by atoms with E-state index in [1.54, 1.807) is 6.07 Å². The van der Waals surface area contributed by atoms with Gasteiger partial charge >= 0.3 is 5.97 Å². The van der Waals surface area contributed by atoms with Crippen LogP contribution in [0.1, 0.15) is 80.6 Å². The second-order valence-electron chi connectivity index (χ2n) is 11.6. The van der Waals surface area contributed by atoms with Crippen molar-refractivity contribution in [3.63, 3.8) is 0 Å². The molecule has 1 N–H and O–H groups in total. The average Bonchev–Trinajstić information content (AvgIpc) is 3.61. The van der Waals surface area contributed by atoms with Gasteiger partial charge in [0.05, 0.1) is 25.4 Å². The number of fused-ring (bicyclic) bond motifs is 2. The number of carbonyl (C=O) groups is 2. The van der Waals surface area contributed by atoms with E-state index in [1.165, 1.54) is 30.2 Å². The number of hydrogen-bond donors (Lipinski definition) is 1. The van der Waals surface area contributed by atoms with Gasteiger partial charge in [-0.3, -0.25) is 4.79 Å². The highest BCUT2D eigenvalue weighted by Gasteiger charge is 2.42. The molecule has 3 aliphatic carbocycles. The average molecular weight is 474 g/mol. The molecular formula is C27H36FNO5. The van der Waals surface area contributed by atoms with Crippen LogP contribution in [-0.2, 0) is 9.53 Å². The summed E-state index contributed by atoms with van der Waals surface area (Å²) in [6.07, 6.45) is 8.21. The molecule has 1 amide bonds. The maximum Gasteiger partial charge on any atom is 0.328 e. The van der Waals surface area contributed by atoms with Crippen molar-refractivity contribution in [3.8, 4) is 5.75 Å². The minimum absolute atomic E-state index is 0.0743. The summed E-state index contributed by atoms with van der Waals surface area (Å²) in [6.45, 7) is 5.52. The van der Waals surface area contributed by atoms with E-state index in [9.17, 15) is 14.7 Å². The first-order valence-electron chi connectivity index (χ1n) is 12.8. The quantitative estimate of drug-likeness (QED) is 0.639. The fourth-order valence-electron chi connectivity index (χ4n) is 6.86. The lowest BCUT2D eigenvalue weighted by Crippen LogP contribution is -2.52. The Hall–Kier alpha value is -2.15. The topological polar surface area (TPSA) is 76.1 Å².